The number of carbonyl (C=O) groups excluding carboxylic acids is 6. The Morgan fingerprint density at radius 3 is 1.77 bits per heavy atom. The summed E-state index contributed by atoms with van der Waals surface area (Å²) in [6.45, 7) is 4.87. The van der Waals surface area contributed by atoms with Crippen LogP contribution in [0.3, 0.4) is 0 Å². The van der Waals surface area contributed by atoms with Crippen molar-refractivity contribution >= 4 is 35.3 Å². The van der Waals surface area contributed by atoms with E-state index in [0.29, 0.717) is 11.1 Å². The smallest absolute Gasteiger partial charge is 0.303 e. The molecule has 0 bridgehead atoms. The minimum absolute atomic E-state index is 0.0622. The highest BCUT2D eigenvalue weighted by Crippen LogP contribution is 2.57. The van der Waals surface area contributed by atoms with Gasteiger partial charge >= 0.3 is 17.9 Å². The van der Waals surface area contributed by atoms with Crippen molar-refractivity contribution in [2.45, 2.75) is 64.1 Å². The highest BCUT2D eigenvalue weighted by molar-refractivity contribution is 6.16. The Morgan fingerprint density at radius 1 is 0.795 bits per heavy atom. The monoisotopic (exact) mass is 540 g/mol. The third kappa shape index (κ3) is 4.20. The summed E-state index contributed by atoms with van der Waals surface area (Å²) in [5.41, 5.74) is -1.16. The van der Waals surface area contributed by atoms with E-state index >= 15 is 0 Å². The average Bonchev–Trinajstić information content (AvgIpc) is 3.30. The van der Waals surface area contributed by atoms with Crippen LogP contribution >= 0.6 is 0 Å². The molecule has 0 N–H and O–H groups in total. The van der Waals surface area contributed by atoms with Gasteiger partial charge < -0.3 is 23.7 Å². The summed E-state index contributed by atoms with van der Waals surface area (Å²) in [5, 5.41) is 0. The van der Waals surface area contributed by atoms with Gasteiger partial charge in [0.1, 0.15) is 12.2 Å². The Hall–Kier alpha value is -3.70. The van der Waals surface area contributed by atoms with Gasteiger partial charge in [0, 0.05) is 43.9 Å². The van der Waals surface area contributed by atoms with Gasteiger partial charge in [0.25, 0.3) is 0 Å². The molecular formula is C28H28O11. The summed E-state index contributed by atoms with van der Waals surface area (Å²) in [7, 11) is 0. The van der Waals surface area contributed by atoms with Gasteiger partial charge in [-0.25, -0.2) is 0 Å². The van der Waals surface area contributed by atoms with Gasteiger partial charge in [-0.3, -0.25) is 28.8 Å². The molecule has 0 radical (unpaired) electrons. The van der Waals surface area contributed by atoms with E-state index in [2.05, 4.69) is 0 Å². The second kappa shape index (κ2) is 9.49. The topological polar surface area (TPSA) is 149 Å². The van der Waals surface area contributed by atoms with Gasteiger partial charge in [-0.05, 0) is 6.92 Å². The van der Waals surface area contributed by atoms with Crippen LogP contribution in [-0.2, 0) is 52.5 Å². The first-order valence-electron chi connectivity index (χ1n) is 12.6. The van der Waals surface area contributed by atoms with Crippen molar-refractivity contribution in [3.63, 3.8) is 0 Å². The normalized spacial score (nSPS) is 30.7. The molecule has 1 saturated heterocycles. The van der Waals surface area contributed by atoms with Crippen LogP contribution in [0.4, 0.5) is 0 Å². The summed E-state index contributed by atoms with van der Waals surface area (Å²) in [6, 6.07) is 6.66. The molecule has 5 unspecified atom stereocenters. The SMILES string of the molecule is CC(=O)OC1c2ccccc2C(OC(C)=O)C2C(=O)C3=C(CC(OC(C)=O)(C(C)=O)CC34OCCO4)C(=O)C12. The van der Waals surface area contributed by atoms with E-state index in [1.165, 1.54) is 20.8 Å². The Morgan fingerprint density at radius 2 is 1.31 bits per heavy atom. The van der Waals surface area contributed by atoms with Crippen LogP contribution in [0.25, 0.3) is 0 Å². The van der Waals surface area contributed by atoms with Gasteiger partial charge in [-0.15, -0.1) is 0 Å². The van der Waals surface area contributed by atoms with Crippen LogP contribution in [0.1, 0.15) is 63.9 Å². The molecule has 11 heteroatoms. The van der Waals surface area contributed by atoms with Crippen LogP contribution in [0.15, 0.2) is 35.4 Å². The lowest BCUT2D eigenvalue weighted by Crippen LogP contribution is -2.60. The summed E-state index contributed by atoms with van der Waals surface area (Å²) >= 11 is 0. The maximum atomic E-state index is 14.4. The highest BCUT2D eigenvalue weighted by atomic mass is 16.7. The van der Waals surface area contributed by atoms with Crippen LogP contribution in [0.2, 0.25) is 0 Å². The van der Waals surface area contributed by atoms with Crippen molar-refractivity contribution in [3.05, 3.63) is 46.5 Å². The lowest BCUT2D eigenvalue weighted by molar-refractivity contribution is -0.202. The molecule has 1 spiro atoms. The molecule has 11 nitrogen and oxygen atoms in total. The van der Waals surface area contributed by atoms with Gasteiger partial charge in [-0.2, -0.15) is 0 Å². The predicted molar refractivity (Wildman–Crippen MR) is 129 cm³/mol. The summed E-state index contributed by atoms with van der Waals surface area (Å²) in [4.78, 5) is 78.3. The maximum Gasteiger partial charge on any atom is 0.303 e. The number of fused-ring (bicyclic) bond motifs is 3. The summed E-state index contributed by atoms with van der Waals surface area (Å²) < 4.78 is 28.6. The van der Waals surface area contributed by atoms with Crippen molar-refractivity contribution in [3.8, 4) is 0 Å². The summed E-state index contributed by atoms with van der Waals surface area (Å²) in [5.74, 6) is -8.22. The third-order valence-corrected chi connectivity index (χ3v) is 7.78. The van der Waals surface area contributed by atoms with Crippen molar-refractivity contribution in [1.29, 1.82) is 0 Å². The summed E-state index contributed by atoms with van der Waals surface area (Å²) in [6.07, 6.45) is -3.05. The van der Waals surface area contributed by atoms with E-state index in [9.17, 15) is 28.8 Å². The number of hydrogen-bond donors (Lipinski definition) is 0. The maximum absolute atomic E-state index is 14.4. The minimum atomic E-state index is -1.83. The quantitative estimate of drug-likeness (QED) is 0.408. The van der Waals surface area contributed by atoms with E-state index in [1.54, 1.807) is 24.3 Å². The Bertz CT molecular complexity index is 1330. The molecule has 39 heavy (non-hydrogen) atoms. The Kier molecular flexibility index (Phi) is 6.54. The van der Waals surface area contributed by atoms with Crippen LogP contribution < -0.4 is 0 Å². The molecule has 4 aliphatic rings. The average molecular weight is 541 g/mol. The van der Waals surface area contributed by atoms with Crippen molar-refractivity contribution in [1.82, 2.24) is 0 Å². The molecule has 1 aromatic rings. The largest absolute Gasteiger partial charge is 0.457 e. The molecule has 5 atom stereocenters. The first-order valence-corrected chi connectivity index (χ1v) is 12.6. The Balaban J connectivity index is 1.75. The molecular weight excluding hydrogens is 512 g/mol. The zero-order chi connectivity index (χ0) is 28.3. The number of ketones is 3. The Labute approximate surface area is 223 Å². The lowest BCUT2D eigenvalue weighted by Gasteiger charge is -2.50. The number of ether oxygens (including phenoxy) is 5. The second-order valence-electron chi connectivity index (χ2n) is 10.3. The van der Waals surface area contributed by atoms with Gasteiger partial charge in [0.05, 0.1) is 37.0 Å². The number of rotatable bonds is 4. The molecule has 3 aliphatic carbocycles. The standard InChI is InChI=1S/C28H28O11/c1-13(29)27(39-16(4)32)11-19-22(28(12-27)35-9-10-36-28)24(34)21-20(23(19)33)25(37-14(2)30)17-7-5-6-8-18(17)26(21)38-15(3)31/h5-8,20-21,25-26H,9-12H2,1-4H3. The van der Waals surface area contributed by atoms with Crippen molar-refractivity contribution in [2.24, 2.45) is 11.8 Å². The number of carbonyl (C=O) groups is 6. The molecule has 1 fully saturated rings. The first kappa shape index (κ1) is 26.9. The molecule has 1 heterocycles. The lowest BCUT2D eigenvalue weighted by atomic mass is 9.58. The highest BCUT2D eigenvalue weighted by Gasteiger charge is 2.66. The molecule has 0 aromatic heterocycles. The fourth-order valence-corrected chi connectivity index (χ4v) is 6.44. The molecule has 1 aromatic carbocycles. The fraction of sp³-hybridized carbons (Fsp3) is 0.500. The van der Waals surface area contributed by atoms with Gasteiger partial charge in [0.15, 0.2) is 23.0 Å². The number of esters is 3. The minimum Gasteiger partial charge on any atom is -0.457 e. The first-order chi connectivity index (χ1) is 18.4. The zero-order valence-electron chi connectivity index (χ0n) is 21.9. The molecule has 0 amide bonds. The van der Waals surface area contributed by atoms with E-state index in [-0.39, 0.29) is 37.2 Å². The van der Waals surface area contributed by atoms with Gasteiger partial charge in [0.2, 0.25) is 5.79 Å². The van der Waals surface area contributed by atoms with Crippen LogP contribution in [0.5, 0.6) is 0 Å². The van der Waals surface area contributed by atoms with Crippen LogP contribution in [0, 0.1) is 11.8 Å². The molecule has 206 valence electrons. The number of Topliss-reactive ketones (excluding diaryl/α,β-unsaturated/α-hetero) is 3. The van der Waals surface area contributed by atoms with E-state index in [4.69, 9.17) is 23.7 Å². The molecule has 1 aliphatic heterocycles. The number of benzene rings is 1. The van der Waals surface area contributed by atoms with E-state index in [1.807, 2.05) is 0 Å². The van der Waals surface area contributed by atoms with E-state index < -0.39 is 70.7 Å². The molecule has 5 rings (SSSR count). The van der Waals surface area contributed by atoms with Crippen molar-refractivity contribution in [2.75, 3.05) is 13.2 Å². The third-order valence-electron chi connectivity index (χ3n) is 7.78. The van der Waals surface area contributed by atoms with E-state index in [0.717, 1.165) is 6.92 Å². The van der Waals surface area contributed by atoms with Crippen LogP contribution in [-0.4, -0.2) is 59.9 Å². The fourth-order valence-electron chi connectivity index (χ4n) is 6.44. The number of hydrogen-bond acceptors (Lipinski definition) is 11. The second-order valence-corrected chi connectivity index (χ2v) is 10.3. The van der Waals surface area contributed by atoms with Gasteiger partial charge in [-0.1, -0.05) is 24.3 Å². The predicted octanol–water partition coefficient (Wildman–Crippen LogP) is 2.02. The molecule has 0 saturated carbocycles. The van der Waals surface area contributed by atoms with Crippen molar-refractivity contribution < 1.29 is 52.5 Å². The zero-order valence-corrected chi connectivity index (χ0v) is 21.9.